The maximum atomic E-state index is 12.1. The van der Waals surface area contributed by atoms with Crippen LogP contribution in [0.5, 0.6) is 0 Å². The van der Waals surface area contributed by atoms with Gasteiger partial charge in [0, 0.05) is 16.7 Å². The van der Waals surface area contributed by atoms with Crippen LogP contribution in [0.15, 0.2) is 34.9 Å². The number of hydrogen-bond acceptors (Lipinski definition) is 3. The molecule has 5 nitrogen and oxygen atoms in total. The number of hydrogen-bond donors (Lipinski definition) is 0. The highest BCUT2D eigenvalue weighted by Gasteiger charge is 2.36. The number of rotatable bonds is 3. The van der Waals surface area contributed by atoms with Gasteiger partial charge in [0.25, 0.3) is 11.7 Å². The molecule has 3 rings (SSSR count). The van der Waals surface area contributed by atoms with Gasteiger partial charge < -0.3 is 0 Å². The van der Waals surface area contributed by atoms with Crippen molar-refractivity contribution in [3.05, 3.63) is 46.2 Å². The molecule has 108 valence electrons. The SMILES string of the molecule is CC(C)n1ccc(CN2C(=O)C(=O)c3cc(Br)ccc32)n1. The van der Waals surface area contributed by atoms with Crippen molar-refractivity contribution in [1.29, 1.82) is 0 Å². The molecule has 1 aliphatic rings. The van der Waals surface area contributed by atoms with Crippen LogP contribution in [0, 0.1) is 0 Å². The van der Waals surface area contributed by atoms with Gasteiger partial charge in [-0.1, -0.05) is 15.9 Å². The fraction of sp³-hybridized carbons (Fsp3) is 0.267. The minimum Gasteiger partial charge on any atom is -0.299 e. The largest absolute Gasteiger partial charge is 0.299 e. The Balaban J connectivity index is 1.92. The quantitative estimate of drug-likeness (QED) is 0.802. The van der Waals surface area contributed by atoms with Gasteiger partial charge in [0.05, 0.1) is 23.5 Å². The van der Waals surface area contributed by atoms with Crippen LogP contribution < -0.4 is 4.90 Å². The lowest BCUT2D eigenvalue weighted by atomic mass is 10.1. The second-order valence-corrected chi connectivity index (χ2v) is 6.18. The molecule has 0 atom stereocenters. The number of nitrogens with zero attached hydrogens (tertiary/aromatic N) is 3. The molecule has 0 saturated carbocycles. The summed E-state index contributed by atoms with van der Waals surface area (Å²) in [6.45, 7) is 4.38. The van der Waals surface area contributed by atoms with Gasteiger partial charge in [0.15, 0.2) is 0 Å². The van der Waals surface area contributed by atoms with E-state index in [0.717, 1.165) is 10.2 Å². The lowest BCUT2D eigenvalue weighted by molar-refractivity contribution is -0.114. The van der Waals surface area contributed by atoms with E-state index in [1.54, 1.807) is 12.1 Å². The second-order valence-electron chi connectivity index (χ2n) is 5.26. The molecule has 0 radical (unpaired) electrons. The summed E-state index contributed by atoms with van der Waals surface area (Å²) < 4.78 is 2.62. The van der Waals surface area contributed by atoms with E-state index in [1.165, 1.54) is 4.90 Å². The highest BCUT2D eigenvalue weighted by atomic mass is 79.9. The molecule has 0 bridgehead atoms. The summed E-state index contributed by atoms with van der Waals surface area (Å²) in [5.41, 5.74) is 1.85. The standard InChI is InChI=1S/C15H14BrN3O2/c1-9(2)19-6-5-11(17-19)8-18-13-4-3-10(16)7-12(13)14(20)15(18)21/h3-7,9H,8H2,1-2H3. The molecule has 1 aliphatic heterocycles. The van der Waals surface area contributed by atoms with Crippen LogP contribution in [0.25, 0.3) is 0 Å². The molecule has 21 heavy (non-hydrogen) atoms. The summed E-state index contributed by atoms with van der Waals surface area (Å²) >= 11 is 3.32. The van der Waals surface area contributed by atoms with Crippen LogP contribution in [0.1, 0.15) is 35.9 Å². The zero-order chi connectivity index (χ0) is 15.1. The number of carbonyl (C=O) groups excluding carboxylic acids is 2. The third kappa shape index (κ3) is 2.40. The first kappa shape index (κ1) is 14.0. The number of amides is 1. The average Bonchev–Trinajstić information content (AvgIpc) is 2.99. The summed E-state index contributed by atoms with van der Waals surface area (Å²) in [6, 6.07) is 7.42. The van der Waals surface area contributed by atoms with E-state index in [4.69, 9.17) is 0 Å². The Hall–Kier alpha value is -1.95. The third-order valence-corrected chi connectivity index (χ3v) is 3.94. The lowest BCUT2D eigenvalue weighted by Crippen LogP contribution is -2.29. The topological polar surface area (TPSA) is 55.2 Å². The summed E-state index contributed by atoms with van der Waals surface area (Å²) in [7, 11) is 0. The van der Waals surface area contributed by atoms with Gasteiger partial charge in [0.2, 0.25) is 0 Å². The molecule has 6 heteroatoms. The van der Waals surface area contributed by atoms with Crippen molar-refractivity contribution >= 4 is 33.3 Å². The molecule has 0 fully saturated rings. The predicted octanol–water partition coefficient (Wildman–Crippen LogP) is 2.96. The van der Waals surface area contributed by atoms with E-state index in [2.05, 4.69) is 21.0 Å². The van der Waals surface area contributed by atoms with Crippen LogP contribution in [0.2, 0.25) is 0 Å². The number of aromatic nitrogens is 2. The molecular weight excluding hydrogens is 334 g/mol. The molecule has 1 aromatic carbocycles. The van der Waals surface area contributed by atoms with Crippen molar-refractivity contribution < 1.29 is 9.59 Å². The minimum absolute atomic E-state index is 0.262. The predicted molar refractivity (Wildman–Crippen MR) is 82.3 cm³/mol. The fourth-order valence-corrected chi connectivity index (χ4v) is 2.70. The van der Waals surface area contributed by atoms with Crippen molar-refractivity contribution in [2.75, 3.05) is 4.90 Å². The molecule has 0 aliphatic carbocycles. The van der Waals surface area contributed by atoms with Gasteiger partial charge in [-0.05, 0) is 38.1 Å². The van der Waals surface area contributed by atoms with Crippen LogP contribution >= 0.6 is 15.9 Å². The highest BCUT2D eigenvalue weighted by molar-refractivity contribution is 9.10. The Morgan fingerprint density at radius 1 is 1.24 bits per heavy atom. The number of halogens is 1. The van der Waals surface area contributed by atoms with Crippen LogP contribution in [0.3, 0.4) is 0 Å². The maximum Gasteiger partial charge on any atom is 0.299 e. The van der Waals surface area contributed by atoms with Crippen LogP contribution in [-0.2, 0) is 11.3 Å². The Kier molecular flexibility index (Phi) is 3.41. The number of ketones is 1. The molecule has 1 aromatic heterocycles. The average molecular weight is 348 g/mol. The Morgan fingerprint density at radius 3 is 2.67 bits per heavy atom. The smallest absolute Gasteiger partial charge is 0.299 e. The van der Waals surface area contributed by atoms with Crippen LogP contribution in [-0.4, -0.2) is 21.5 Å². The highest BCUT2D eigenvalue weighted by Crippen LogP contribution is 2.32. The molecule has 2 heterocycles. The zero-order valence-electron chi connectivity index (χ0n) is 11.7. The van der Waals surface area contributed by atoms with E-state index in [0.29, 0.717) is 17.8 Å². The number of fused-ring (bicyclic) bond motifs is 1. The van der Waals surface area contributed by atoms with Crippen molar-refractivity contribution in [1.82, 2.24) is 9.78 Å². The Labute approximate surface area is 130 Å². The summed E-state index contributed by atoms with van der Waals surface area (Å²) in [5, 5.41) is 4.43. The zero-order valence-corrected chi connectivity index (χ0v) is 13.3. The van der Waals surface area contributed by atoms with Gasteiger partial charge >= 0.3 is 0 Å². The van der Waals surface area contributed by atoms with Gasteiger partial charge in [0.1, 0.15) is 0 Å². The second kappa shape index (κ2) is 5.11. The summed E-state index contributed by atoms with van der Waals surface area (Å²) in [6.07, 6.45) is 1.88. The van der Waals surface area contributed by atoms with Gasteiger partial charge in [-0.15, -0.1) is 0 Å². The number of benzene rings is 1. The van der Waals surface area contributed by atoms with Crippen molar-refractivity contribution in [2.45, 2.75) is 26.4 Å². The van der Waals surface area contributed by atoms with E-state index < -0.39 is 11.7 Å². The van der Waals surface area contributed by atoms with E-state index in [-0.39, 0.29) is 6.04 Å². The van der Waals surface area contributed by atoms with Crippen molar-refractivity contribution in [2.24, 2.45) is 0 Å². The number of anilines is 1. The Bertz CT molecular complexity index is 736. The molecular formula is C15H14BrN3O2. The van der Waals surface area contributed by atoms with Gasteiger partial charge in [-0.2, -0.15) is 5.10 Å². The van der Waals surface area contributed by atoms with Crippen molar-refractivity contribution in [3.63, 3.8) is 0 Å². The molecule has 0 N–H and O–H groups in total. The van der Waals surface area contributed by atoms with Gasteiger partial charge in [-0.25, -0.2) is 0 Å². The number of Topliss-reactive ketones (excluding diaryl/α,β-unsaturated/α-hetero) is 1. The molecule has 0 spiro atoms. The van der Waals surface area contributed by atoms with Crippen molar-refractivity contribution in [3.8, 4) is 0 Å². The normalized spacial score (nSPS) is 14.2. The number of carbonyl (C=O) groups is 2. The molecule has 0 saturated heterocycles. The van der Waals surface area contributed by atoms with E-state index in [1.807, 2.05) is 36.9 Å². The summed E-state index contributed by atoms with van der Waals surface area (Å²) in [4.78, 5) is 25.7. The van der Waals surface area contributed by atoms with E-state index >= 15 is 0 Å². The first-order valence-electron chi connectivity index (χ1n) is 6.67. The molecule has 0 unspecified atom stereocenters. The lowest BCUT2D eigenvalue weighted by Gasteiger charge is -2.15. The Morgan fingerprint density at radius 2 is 2.00 bits per heavy atom. The van der Waals surface area contributed by atoms with Crippen LogP contribution in [0.4, 0.5) is 5.69 Å². The summed E-state index contributed by atoms with van der Waals surface area (Å²) in [5.74, 6) is -0.961. The van der Waals surface area contributed by atoms with E-state index in [9.17, 15) is 9.59 Å². The first-order chi connectivity index (χ1) is 9.97. The molecule has 1 amide bonds. The monoisotopic (exact) mass is 347 g/mol. The minimum atomic E-state index is -0.498. The molecule has 2 aromatic rings. The maximum absolute atomic E-state index is 12.1. The third-order valence-electron chi connectivity index (χ3n) is 3.45. The fourth-order valence-electron chi connectivity index (χ4n) is 2.34. The first-order valence-corrected chi connectivity index (χ1v) is 7.46. The van der Waals surface area contributed by atoms with Gasteiger partial charge in [-0.3, -0.25) is 19.2 Å².